The van der Waals surface area contributed by atoms with Crippen LogP contribution in [0, 0.1) is 27.7 Å². The zero-order chi connectivity index (χ0) is 19.4. The Labute approximate surface area is 161 Å². The van der Waals surface area contributed by atoms with E-state index in [0.29, 0.717) is 24.6 Å². The molecule has 142 valence electrons. The summed E-state index contributed by atoms with van der Waals surface area (Å²) in [5.74, 6) is 0.353. The van der Waals surface area contributed by atoms with Gasteiger partial charge in [-0.2, -0.15) is 0 Å². The van der Waals surface area contributed by atoms with Crippen LogP contribution in [0.15, 0.2) is 10.1 Å². The zero-order valence-corrected chi connectivity index (χ0v) is 17.5. The Hall–Kier alpha value is -1.48. The highest BCUT2D eigenvalue weighted by Gasteiger charge is 2.18. The van der Waals surface area contributed by atoms with Gasteiger partial charge in [0, 0.05) is 25.3 Å². The highest BCUT2D eigenvalue weighted by atomic mass is 33.1. The molecule has 0 fully saturated rings. The molecule has 2 aromatic rings. The number of aromatic nitrogens is 2. The SMILES string of the molecule is COCc1c(C)c(SSc2nc(C)c(O)c(COC)c2C)nc(C)c1O. The van der Waals surface area contributed by atoms with Crippen molar-refractivity contribution in [1.82, 2.24) is 9.97 Å². The van der Waals surface area contributed by atoms with E-state index < -0.39 is 0 Å². The lowest BCUT2D eigenvalue weighted by Crippen LogP contribution is -2.01. The molecule has 2 aromatic heterocycles. The maximum Gasteiger partial charge on any atom is 0.142 e. The third kappa shape index (κ3) is 4.25. The summed E-state index contributed by atoms with van der Waals surface area (Å²) in [6.45, 7) is 8.03. The van der Waals surface area contributed by atoms with Crippen LogP contribution in [0.2, 0.25) is 0 Å². The van der Waals surface area contributed by atoms with Crippen LogP contribution in [0.5, 0.6) is 11.5 Å². The molecule has 0 atom stereocenters. The topological polar surface area (TPSA) is 84.7 Å². The van der Waals surface area contributed by atoms with Crippen molar-refractivity contribution in [2.45, 2.75) is 51.0 Å². The molecule has 8 heteroatoms. The van der Waals surface area contributed by atoms with Crippen molar-refractivity contribution >= 4 is 21.6 Å². The molecular weight excluding hydrogens is 372 g/mol. The van der Waals surface area contributed by atoms with Crippen LogP contribution in [-0.2, 0) is 22.7 Å². The van der Waals surface area contributed by atoms with Crippen LogP contribution < -0.4 is 0 Å². The summed E-state index contributed by atoms with van der Waals surface area (Å²) in [6, 6.07) is 0. The van der Waals surface area contributed by atoms with E-state index in [9.17, 15) is 10.2 Å². The first kappa shape index (κ1) is 20.8. The summed E-state index contributed by atoms with van der Waals surface area (Å²) in [7, 11) is 6.14. The smallest absolute Gasteiger partial charge is 0.142 e. The Bertz CT molecular complexity index is 745. The standard InChI is InChI=1S/C18H24N2O4S2/c1-9-13(7-23-5)15(21)11(3)19-17(9)25-26-18-10(2)14(8-24-6)16(22)12(4)20-18/h21-22H,7-8H2,1-6H3. The van der Waals surface area contributed by atoms with Crippen LogP contribution >= 0.6 is 21.6 Å². The fourth-order valence-corrected chi connectivity index (χ4v) is 4.96. The van der Waals surface area contributed by atoms with Gasteiger partial charge in [-0.25, -0.2) is 9.97 Å². The highest BCUT2D eigenvalue weighted by Crippen LogP contribution is 2.43. The molecule has 6 nitrogen and oxygen atoms in total. The minimum Gasteiger partial charge on any atom is -0.506 e. The maximum absolute atomic E-state index is 10.2. The minimum absolute atomic E-state index is 0.177. The van der Waals surface area contributed by atoms with Gasteiger partial charge in [0.15, 0.2) is 0 Å². The first-order valence-corrected chi connectivity index (χ1v) is 10.2. The first-order valence-electron chi connectivity index (χ1n) is 8.02. The number of hydrogen-bond donors (Lipinski definition) is 2. The van der Waals surface area contributed by atoms with E-state index in [4.69, 9.17) is 9.47 Å². The van der Waals surface area contributed by atoms with Crippen molar-refractivity contribution in [3.63, 3.8) is 0 Å². The second kappa shape index (κ2) is 8.94. The number of methoxy groups -OCH3 is 2. The molecule has 26 heavy (non-hydrogen) atoms. The summed E-state index contributed by atoms with van der Waals surface area (Å²) in [5, 5.41) is 22.0. The number of nitrogens with zero attached hydrogens (tertiary/aromatic N) is 2. The zero-order valence-electron chi connectivity index (χ0n) is 15.8. The first-order chi connectivity index (χ1) is 12.3. The maximum atomic E-state index is 10.2. The largest absolute Gasteiger partial charge is 0.506 e. The van der Waals surface area contributed by atoms with Crippen molar-refractivity contribution in [2.24, 2.45) is 0 Å². The molecular formula is C18H24N2O4S2. The fraction of sp³-hybridized carbons (Fsp3) is 0.444. The van der Waals surface area contributed by atoms with Gasteiger partial charge in [0.1, 0.15) is 21.6 Å². The highest BCUT2D eigenvalue weighted by molar-refractivity contribution is 8.76. The van der Waals surface area contributed by atoms with Gasteiger partial charge in [0.05, 0.1) is 24.6 Å². The van der Waals surface area contributed by atoms with Crippen LogP contribution in [0.1, 0.15) is 33.6 Å². The minimum atomic E-state index is 0.177. The molecule has 0 aromatic carbocycles. The number of pyridine rings is 2. The molecule has 0 unspecified atom stereocenters. The Kier molecular flexibility index (Phi) is 7.16. The third-order valence-electron chi connectivity index (χ3n) is 4.12. The van der Waals surface area contributed by atoms with E-state index in [0.717, 1.165) is 32.3 Å². The van der Waals surface area contributed by atoms with E-state index >= 15 is 0 Å². The van der Waals surface area contributed by atoms with Crippen LogP contribution in [0.4, 0.5) is 0 Å². The second-order valence-corrected chi connectivity index (χ2v) is 8.05. The van der Waals surface area contributed by atoms with Gasteiger partial charge in [-0.05, 0) is 60.4 Å². The normalized spacial score (nSPS) is 11.2. The van der Waals surface area contributed by atoms with E-state index in [-0.39, 0.29) is 11.5 Å². The summed E-state index contributed by atoms with van der Waals surface area (Å²) in [6.07, 6.45) is 0. The second-order valence-electron chi connectivity index (χ2n) is 5.94. The van der Waals surface area contributed by atoms with Crippen molar-refractivity contribution in [3.05, 3.63) is 33.6 Å². The predicted octanol–water partition coefficient (Wildman–Crippen LogP) is 4.21. The van der Waals surface area contributed by atoms with Gasteiger partial charge in [0.2, 0.25) is 0 Å². The number of rotatable bonds is 7. The lowest BCUT2D eigenvalue weighted by molar-refractivity contribution is 0.180. The third-order valence-corrected chi connectivity index (χ3v) is 6.51. The average Bonchev–Trinajstić information content (AvgIpc) is 2.61. The molecule has 2 N–H and O–H groups in total. The predicted molar refractivity (Wildman–Crippen MR) is 104 cm³/mol. The van der Waals surface area contributed by atoms with Gasteiger partial charge in [-0.3, -0.25) is 0 Å². The Morgan fingerprint density at radius 1 is 0.731 bits per heavy atom. The van der Waals surface area contributed by atoms with Gasteiger partial charge >= 0.3 is 0 Å². The van der Waals surface area contributed by atoms with E-state index in [1.165, 1.54) is 21.6 Å². The molecule has 0 radical (unpaired) electrons. The molecule has 0 saturated carbocycles. The van der Waals surface area contributed by atoms with E-state index in [1.807, 2.05) is 13.8 Å². The van der Waals surface area contributed by atoms with Crippen molar-refractivity contribution in [3.8, 4) is 11.5 Å². The molecule has 0 spiro atoms. The van der Waals surface area contributed by atoms with Gasteiger partial charge in [0.25, 0.3) is 0 Å². The van der Waals surface area contributed by atoms with Crippen LogP contribution in [0.3, 0.4) is 0 Å². The number of aromatic hydroxyl groups is 2. The van der Waals surface area contributed by atoms with E-state index in [1.54, 1.807) is 28.1 Å². The fourth-order valence-electron chi connectivity index (χ4n) is 2.51. The molecule has 0 aliphatic heterocycles. The van der Waals surface area contributed by atoms with Gasteiger partial charge in [-0.15, -0.1) is 0 Å². The van der Waals surface area contributed by atoms with Crippen molar-refractivity contribution in [1.29, 1.82) is 0 Å². The van der Waals surface area contributed by atoms with Crippen molar-refractivity contribution < 1.29 is 19.7 Å². The summed E-state index contributed by atoms with van der Waals surface area (Å²) in [4.78, 5) is 8.99. The Morgan fingerprint density at radius 2 is 1.08 bits per heavy atom. The summed E-state index contributed by atoms with van der Waals surface area (Å²) in [5.41, 5.74) is 4.40. The molecule has 2 rings (SSSR count). The lowest BCUT2D eigenvalue weighted by atomic mass is 10.1. The molecule has 0 aliphatic carbocycles. The molecule has 0 aliphatic rings. The van der Waals surface area contributed by atoms with E-state index in [2.05, 4.69) is 9.97 Å². The Morgan fingerprint density at radius 3 is 1.38 bits per heavy atom. The number of ether oxygens (including phenoxy) is 2. The average molecular weight is 397 g/mol. The quantitative estimate of drug-likeness (QED) is 0.673. The molecule has 2 heterocycles. The summed E-state index contributed by atoms with van der Waals surface area (Å²) < 4.78 is 10.4. The van der Waals surface area contributed by atoms with Crippen LogP contribution in [0.25, 0.3) is 0 Å². The number of hydrogen-bond acceptors (Lipinski definition) is 8. The summed E-state index contributed by atoms with van der Waals surface area (Å²) >= 11 is 0. The van der Waals surface area contributed by atoms with Crippen molar-refractivity contribution in [2.75, 3.05) is 14.2 Å². The van der Waals surface area contributed by atoms with Gasteiger partial charge in [-0.1, -0.05) is 0 Å². The monoisotopic (exact) mass is 396 g/mol. The Balaban J connectivity index is 2.35. The molecule has 0 bridgehead atoms. The van der Waals surface area contributed by atoms with Gasteiger partial charge < -0.3 is 19.7 Å². The van der Waals surface area contributed by atoms with Crippen LogP contribution in [-0.4, -0.2) is 34.4 Å². The molecule has 0 amide bonds. The lowest BCUT2D eigenvalue weighted by Gasteiger charge is -2.15. The number of aryl methyl sites for hydroxylation is 2. The molecule has 0 saturated heterocycles.